The average Bonchev–Trinajstić information content (AvgIpc) is 2.80. The minimum atomic E-state index is 0.175. The highest BCUT2D eigenvalue weighted by Crippen LogP contribution is 2.32. The predicted molar refractivity (Wildman–Crippen MR) is 92.0 cm³/mol. The first kappa shape index (κ1) is 12.5. The number of nitrogens with one attached hydrogen (secondary N) is 1. The molecule has 1 nitrogen and oxygen atoms in total. The van der Waals surface area contributed by atoms with Gasteiger partial charge in [-0.15, -0.1) is 0 Å². The monoisotopic (exact) mass is 273 g/mol. The molecule has 1 N–H and O–H groups in total. The Morgan fingerprint density at radius 1 is 0.714 bits per heavy atom. The minimum absolute atomic E-state index is 0.175. The lowest BCUT2D eigenvalue weighted by atomic mass is 9.86. The van der Waals surface area contributed by atoms with Crippen LogP contribution in [0.3, 0.4) is 0 Å². The van der Waals surface area contributed by atoms with Gasteiger partial charge in [-0.3, -0.25) is 0 Å². The van der Waals surface area contributed by atoms with Crippen LogP contribution in [0.25, 0.3) is 32.6 Å². The van der Waals surface area contributed by atoms with E-state index in [1.165, 1.54) is 38.1 Å². The molecule has 0 saturated carbocycles. The molecule has 0 saturated heterocycles. The number of benzene rings is 3. The van der Waals surface area contributed by atoms with Gasteiger partial charge in [0.1, 0.15) is 0 Å². The number of H-pyrrole nitrogens is 1. The summed E-state index contributed by atoms with van der Waals surface area (Å²) in [4.78, 5) is 3.55. The highest BCUT2D eigenvalue weighted by atomic mass is 14.7. The summed E-state index contributed by atoms with van der Waals surface area (Å²) in [6, 6.07) is 19.9. The van der Waals surface area contributed by atoms with E-state index in [4.69, 9.17) is 0 Å². The van der Waals surface area contributed by atoms with Gasteiger partial charge in [0, 0.05) is 21.8 Å². The highest BCUT2D eigenvalue weighted by Gasteiger charge is 2.15. The first-order chi connectivity index (χ1) is 10.0. The predicted octanol–water partition coefficient (Wildman–Crippen LogP) is 5.77. The van der Waals surface area contributed by atoms with Gasteiger partial charge in [-0.2, -0.15) is 0 Å². The molecule has 0 unspecified atom stereocenters. The first-order valence-corrected chi connectivity index (χ1v) is 7.47. The van der Waals surface area contributed by atoms with Crippen molar-refractivity contribution >= 4 is 32.6 Å². The van der Waals surface area contributed by atoms with Crippen LogP contribution in [0.15, 0.2) is 54.6 Å². The van der Waals surface area contributed by atoms with Gasteiger partial charge in [0.15, 0.2) is 0 Å². The Labute approximate surface area is 124 Å². The summed E-state index contributed by atoms with van der Waals surface area (Å²) in [6.45, 7) is 6.79. The van der Waals surface area contributed by atoms with Crippen LogP contribution >= 0.6 is 0 Å². The fraction of sp³-hybridized carbons (Fsp3) is 0.200. The van der Waals surface area contributed by atoms with E-state index in [0.717, 1.165) is 0 Å². The maximum absolute atomic E-state index is 3.55. The molecule has 1 heterocycles. The van der Waals surface area contributed by atoms with Crippen LogP contribution in [0.2, 0.25) is 0 Å². The summed E-state index contributed by atoms with van der Waals surface area (Å²) in [5, 5.41) is 5.22. The highest BCUT2D eigenvalue weighted by molar-refractivity contribution is 6.12. The topological polar surface area (TPSA) is 15.8 Å². The second kappa shape index (κ2) is 4.11. The SMILES string of the molecule is CC(C)(C)c1ccc2[nH]c3cc4ccccc4cc3c2c1. The van der Waals surface area contributed by atoms with Crippen LogP contribution in [0.1, 0.15) is 26.3 Å². The van der Waals surface area contributed by atoms with E-state index in [9.17, 15) is 0 Å². The van der Waals surface area contributed by atoms with Crippen LogP contribution in [0.5, 0.6) is 0 Å². The van der Waals surface area contributed by atoms with Crippen molar-refractivity contribution in [3.8, 4) is 0 Å². The van der Waals surface area contributed by atoms with E-state index in [2.05, 4.69) is 80.4 Å². The van der Waals surface area contributed by atoms with Gasteiger partial charge in [-0.25, -0.2) is 0 Å². The fourth-order valence-electron chi connectivity index (χ4n) is 3.05. The third kappa shape index (κ3) is 1.92. The van der Waals surface area contributed by atoms with Crippen LogP contribution in [0.4, 0.5) is 0 Å². The van der Waals surface area contributed by atoms with E-state index in [1.54, 1.807) is 0 Å². The van der Waals surface area contributed by atoms with Gasteiger partial charge in [0.05, 0.1) is 0 Å². The third-order valence-corrected chi connectivity index (χ3v) is 4.33. The number of hydrogen-bond acceptors (Lipinski definition) is 0. The van der Waals surface area contributed by atoms with E-state index < -0.39 is 0 Å². The Bertz CT molecular complexity index is 968. The molecular formula is C20H19N. The lowest BCUT2D eigenvalue weighted by Crippen LogP contribution is -2.10. The van der Waals surface area contributed by atoms with Crippen molar-refractivity contribution in [3.05, 3.63) is 60.2 Å². The minimum Gasteiger partial charge on any atom is -0.354 e. The molecule has 3 aromatic carbocycles. The molecule has 0 spiro atoms. The van der Waals surface area contributed by atoms with Crippen LogP contribution in [0, 0.1) is 0 Å². The zero-order chi connectivity index (χ0) is 14.6. The van der Waals surface area contributed by atoms with Crippen molar-refractivity contribution in [3.63, 3.8) is 0 Å². The van der Waals surface area contributed by atoms with Gasteiger partial charge in [0.2, 0.25) is 0 Å². The van der Waals surface area contributed by atoms with E-state index in [0.29, 0.717) is 0 Å². The number of fused-ring (bicyclic) bond motifs is 4. The molecule has 0 bridgehead atoms. The van der Waals surface area contributed by atoms with Crippen molar-refractivity contribution in [1.29, 1.82) is 0 Å². The molecular weight excluding hydrogens is 254 g/mol. The summed E-state index contributed by atoms with van der Waals surface area (Å²) in [7, 11) is 0. The Morgan fingerprint density at radius 3 is 2.10 bits per heavy atom. The summed E-state index contributed by atoms with van der Waals surface area (Å²) < 4.78 is 0. The smallest absolute Gasteiger partial charge is 0.0471 e. The second-order valence-electron chi connectivity index (χ2n) is 6.88. The first-order valence-electron chi connectivity index (χ1n) is 7.47. The van der Waals surface area contributed by atoms with Gasteiger partial charge in [-0.05, 0) is 46.0 Å². The van der Waals surface area contributed by atoms with Crippen molar-refractivity contribution in [2.45, 2.75) is 26.2 Å². The van der Waals surface area contributed by atoms with Crippen molar-refractivity contribution in [2.75, 3.05) is 0 Å². The molecule has 0 aliphatic rings. The Kier molecular flexibility index (Phi) is 2.44. The van der Waals surface area contributed by atoms with Gasteiger partial charge in [-0.1, -0.05) is 51.1 Å². The van der Waals surface area contributed by atoms with E-state index in [-0.39, 0.29) is 5.41 Å². The fourth-order valence-corrected chi connectivity index (χ4v) is 3.05. The van der Waals surface area contributed by atoms with Gasteiger partial charge < -0.3 is 4.98 Å². The van der Waals surface area contributed by atoms with Crippen LogP contribution in [-0.4, -0.2) is 4.98 Å². The zero-order valence-electron chi connectivity index (χ0n) is 12.7. The average molecular weight is 273 g/mol. The normalized spacial score (nSPS) is 12.5. The molecule has 4 aromatic rings. The molecule has 0 aliphatic carbocycles. The summed E-state index contributed by atoms with van der Waals surface area (Å²) in [5.41, 5.74) is 3.99. The number of aromatic nitrogens is 1. The molecule has 0 atom stereocenters. The van der Waals surface area contributed by atoms with Crippen molar-refractivity contribution < 1.29 is 0 Å². The van der Waals surface area contributed by atoms with Crippen molar-refractivity contribution in [1.82, 2.24) is 4.98 Å². The third-order valence-electron chi connectivity index (χ3n) is 4.33. The molecule has 21 heavy (non-hydrogen) atoms. The number of hydrogen-bond donors (Lipinski definition) is 1. The Balaban J connectivity index is 2.11. The Morgan fingerprint density at radius 2 is 1.38 bits per heavy atom. The van der Waals surface area contributed by atoms with Crippen LogP contribution < -0.4 is 0 Å². The van der Waals surface area contributed by atoms with Crippen molar-refractivity contribution in [2.24, 2.45) is 0 Å². The number of rotatable bonds is 0. The second-order valence-corrected chi connectivity index (χ2v) is 6.88. The molecule has 1 aromatic heterocycles. The largest absolute Gasteiger partial charge is 0.354 e. The lowest BCUT2D eigenvalue weighted by molar-refractivity contribution is 0.591. The molecule has 0 amide bonds. The standard InChI is InChI=1S/C20H19N/c1-20(2,3)15-8-9-18-17(12-15)16-10-13-6-4-5-7-14(13)11-19(16)21-18/h4-12,21H,1-3H3. The zero-order valence-corrected chi connectivity index (χ0v) is 12.7. The summed E-state index contributed by atoms with van der Waals surface area (Å²) in [6.07, 6.45) is 0. The maximum atomic E-state index is 3.55. The maximum Gasteiger partial charge on any atom is 0.0471 e. The lowest BCUT2D eigenvalue weighted by Gasteiger charge is -2.18. The van der Waals surface area contributed by atoms with Gasteiger partial charge >= 0.3 is 0 Å². The Hall–Kier alpha value is -2.28. The molecule has 1 heteroatoms. The van der Waals surface area contributed by atoms with Crippen LogP contribution in [-0.2, 0) is 5.41 Å². The quantitative estimate of drug-likeness (QED) is 0.418. The summed E-state index contributed by atoms with van der Waals surface area (Å²) in [5.74, 6) is 0. The molecule has 0 fully saturated rings. The van der Waals surface area contributed by atoms with E-state index in [1.807, 2.05) is 0 Å². The van der Waals surface area contributed by atoms with Gasteiger partial charge in [0.25, 0.3) is 0 Å². The molecule has 104 valence electrons. The number of aromatic amines is 1. The molecule has 0 aliphatic heterocycles. The van der Waals surface area contributed by atoms with E-state index >= 15 is 0 Å². The molecule has 4 rings (SSSR count). The molecule has 0 radical (unpaired) electrons. The summed E-state index contributed by atoms with van der Waals surface area (Å²) >= 11 is 0.